The second-order valence-electron chi connectivity index (χ2n) is 8.74. The fourth-order valence-corrected chi connectivity index (χ4v) is 5.11. The number of carbonyl (C=O) groups is 1. The predicted octanol–water partition coefficient (Wildman–Crippen LogP) is 3.09. The first kappa shape index (κ1) is 25.9. The number of aryl methyl sites for hydroxylation is 1. The van der Waals surface area contributed by atoms with Crippen molar-refractivity contribution < 1.29 is 13.2 Å². The molecule has 0 saturated carbocycles. The lowest BCUT2D eigenvalue weighted by molar-refractivity contribution is -0.130. The van der Waals surface area contributed by atoms with Gasteiger partial charge in [0.15, 0.2) is 0 Å². The first-order valence-electron chi connectivity index (χ1n) is 12.0. The molecule has 1 heterocycles. The summed E-state index contributed by atoms with van der Waals surface area (Å²) in [5.74, 6) is 0.968. The van der Waals surface area contributed by atoms with Crippen LogP contribution in [0, 0.1) is 0 Å². The number of nitrogens with zero attached hydrogens (tertiary/aromatic N) is 3. The number of hydrogen-bond acceptors (Lipinski definition) is 5. The van der Waals surface area contributed by atoms with Gasteiger partial charge >= 0.3 is 0 Å². The van der Waals surface area contributed by atoms with Gasteiger partial charge < -0.3 is 10.2 Å². The van der Waals surface area contributed by atoms with Crippen LogP contribution in [0.1, 0.15) is 42.9 Å². The summed E-state index contributed by atoms with van der Waals surface area (Å²) in [5, 5.41) is 3.27. The molecule has 0 unspecified atom stereocenters. The molecule has 0 saturated heterocycles. The van der Waals surface area contributed by atoms with Crippen molar-refractivity contribution in [2.24, 2.45) is 4.99 Å². The zero-order valence-corrected chi connectivity index (χ0v) is 21.3. The van der Waals surface area contributed by atoms with E-state index in [-0.39, 0.29) is 5.91 Å². The zero-order chi connectivity index (χ0) is 24.6. The smallest absolute Gasteiger partial charge is 0.242 e. The van der Waals surface area contributed by atoms with E-state index < -0.39 is 10.0 Å². The highest BCUT2D eigenvalue weighted by molar-refractivity contribution is 7.89. The molecule has 0 aliphatic carbocycles. The Morgan fingerprint density at radius 2 is 1.62 bits per heavy atom. The van der Waals surface area contributed by atoms with Crippen LogP contribution in [0.2, 0.25) is 0 Å². The van der Waals surface area contributed by atoms with Crippen molar-refractivity contribution in [1.29, 1.82) is 0 Å². The topological polar surface area (TPSA) is 82.1 Å². The van der Waals surface area contributed by atoms with Gasteiger partial charge in [0.1, 0.15) is 5.84 Å². The Kier molecular flexibility index (Phi) is 9.24. The molecule has 3 rings (SSSR count). The molecule has 0 aromatic heterocycles. The second-order valence-corrected chi connectivity index (χ2v) is 10.8. The second kappa shape index (κ2) is 12.1. The normalized spacial score (nSPS) is 13.6. The van der Waals surface area contributed by atoms with E-state index in [1.807, 2.05) is 12.1 Å². The van der Waals surface area contributed by atoms with Gasteiger partial charge in [-0.25, -0.2) is 12.7 Å². The van der Waals surface area contributed by atoms with Crippen molar-refractivity contribution in [2.75, 3.05) is 40.3 Å². The van der Waals surface area contributed by atoms with Crippen LogP contribution in [0.15, 0.2) is 58.4 Å². The van der Waals surface area contributed by atoms with Crippen LogP contribution in [-0.2, 0) is 27.7 Å². The van der Waals surface area contributed by atoms with Gasteiger partial charge in [-0.3, -0.25) is 9.79 Å². The minimum Gasteiger partial charge on any atom is -0.368 e. The van der Waals surface area contributed by atoms with E-state index in [2.05, 4.69) is 41.5 Å². The van der Waals surface area contributed by atoms with E-state index in [0.717, 1.165) is 54.9 Å². The summed E-state index contributed by atoms with van der Waals surface area (Å²) < 4.78 is 26.9. The van der Waals surface area contributed by atoms with Crippen LogP contribution >= 0.6 is 0 Å². The standard InChI is InChI=1S/C26H36N4O3S/c1-4-6-21-10-14-24(15-11-21)34(32,33)30(3)19-5-7-25(31)29(2)20-16-22-8-12-23(13-9-22)26-27-17-18-28-26/h8-15H,4-7,16-20H2,1-3H3,(H,27,28). The molecule has 0 atom stereocenters. The Morgan fingerprint density at radius 3 is 2.24 bits per heavy atom. The Balaban J connectivity index is 1.42. The van der Waals surface area contributed by atoms with Gasteiger partial charge in [0.05, 0.1) is 11.4 Å². The van der Waals surface area contributed by atoms with Crippen molar-refractivity contribution >= 4 is 21.8 Å². The SMILES string of the molecule is CCCc1ccc(S(=O)(=O)N(C)CCCC(=O)N(C)CCc2ccc(C3=NCCN3)cc2)cc1. The van der Waals surface area contributed by atoms with Crippen LogP contribution in [0.5, 0.6) is 0 Å². The Hall–Kier alpha value is -2.71. The van der Waals surface area contributed by atoms with Crippen molar-refractivity contribution in [3.8, 4) is 0 Å². The molecule has 2 aromatic rings. The molecule has 2 aromatic carbocycles. The predicted molar refractivity (Wildman–Crippen MR) is 137 cm³/mol. The third-order valence-corrected chi connectivity index (χ3v) is 7.97. The Labute approximate surface area is 203 Å². The highest BCUT2D eigenvalue weighted by Gasteiger charge is 2.21. The minimum absolute atomic E-state index is 0.0239. The molecular formula is C26H36N4O3S. The van der Waals surface area contributed by atoms with Gasteiger partial charge in [0.2, 0.25) is 15.9 Å². The van der Waals surface area contributed by atoms with E-state index >= 15 is 0 Å². The van der Waals surface area contributed by atoms with Crippen LogP contribution in [-0.4, -0.2) is 69.6 Å². The first-order valence-corrected chi connectivity index (χ1v) is 13.4. The van der Waals surface area contributed by atoms with Gasteiger partial charge in [0, 0.05) is 45.7 Å². The summed E-state index contributed by atoms with van der Waals surface area (Å²) in [6, 6.07) is 15.3. The quantitative estimate of drug-likeness (QED) is 0.502. The van der Waals surface area contributed by atoms with Crippen LogP contribution < -0.4 is 5.32 Å². The lowest BCUT2D eigenvalue weighted by Crippen LogP contribution is -2.31. The molecule has 0 spiro atoms. The van der Waals surface area contributed by atoms with Crippen LogP contribution in [0.3, 0.4) is 0 Å². The Morgan fingerprint density at radius 1 is 0.971 bits per heavy atom. The molecule has 1 aliphatic heterocycles. The van der Waals surface area contributed by atoms with E-state index in [1.54, 1.807) is 31.1 Å². The highest BCUT2D eigenvalue weighted by Crippen LogP contribution is 2.17. The van der Waals surface area contributed by atoms with Gasteiger partial charge in [-0.1, -0.05) is 49.7 Å². The zero-order valence-electron chi connectivity index (χ0n) is 20.5. The van der Waals surface area contributed by atoms with Crippen molar-refractivity contribution in [2.45, 2.75) is 43.9 Å². The average molecular weight is 485 g/mol. The number of carbonyl (C=O) groups excluding carboxylic acids is 1. The monoisotopic (exact) mass is 484 g/mol. The fraction of sp³-hybridized carbons (Fsp3) is 0.462. The molecule has 0 fully saturated rings. The summed E-state index contributed by atoms with van der Waals surface area (Å²) in [4.78, 5) is 19.0. The molecule has 8 heteroatoms. The summed E-state index contributed by atoms with van der Waals surface area (Å²) >= 11 is 0. The number of amides is 1. The molecule has 184 valence electrons. The molecule has 1 aliphatic rings. The third kappa shape index (κ3) is 6.90. The van der Waals surface area contributed by atoms with Crippen molar-refractivity contribution in [1.82, 2.24) is 14.5 Å². The molecule has 1 N–H and O–H groups in total. The number of rotatable bonds is 12. The maximum Gasteiger partial charge on any atom is 0.242 e. The number of aliphatic imine (C=N–C) groups is 1. The molecule has 34 heavy (non-hydrogen) atoms. The van der Waals surface area contributed by atoms with Crippen molar-refractivity contribution in [3.63, 3.8) is 0 Å². The largest absolute Gasteiger partial charge is 0.368 e. The molecular weight excluding hydrogens is 448 g/mol. The van der Waals surface area contributed by atoms with E-state index in [0.29, 0.717) is 30.8 Å². The average Bonchev–Trinajstić information content (AvgIpc) is 3.38. The van der Waals surface area contributed by atoms with Gasteiger partial charge in [-0.15, -0.1) is 0 Å². The summed E-state index contributed by atoms with van der Waals surface area (Å²) in [6.45, 7) is 4.72. The number of sulfonamides is 1. The Bertz CT molecular complexity index is 1080. The lowest BCUT2D eigenvalue weighted by atomic mass is 10.1. The lowest BCUT2D eigenvalue weighted by Gasteiger charge is -2.20. The van der Waals surface area contributed by atoms with E-state index in [1.165, 1.54) is 4.31 Å². The van der Waals surface area contributed by atoms with Gasteiger partial charge in [0.25, 0.3) is 0 Å². The summed E-state index contributed by atoms with van der Waals surface area (Å²) in [5.41, 5.74) is 3.38. The summed E-state index contributed by atoms with van der Waals surface area (Å²) in [6.07, 6.45) is 3.52. The number of hydrogen-bond donors (Lipinski definition) is 1. The molecule has 0 bridgehead atoms. The van der Waals surface area contributed by atoms with Crippen LogP contribution in [0.25, 0.3) is 0 Å². The van der Waals surface area contributed by atoms with Gasteiger partial charge in [-0.2, -0.15) is 0 Å². The van der Waals surface area contributed by atoms with E-state index in [9.17, 15) is 13.2 Å². The van der Waals surface area contributed by atoms with Crippen LogP contribution in [0.4, 0.5) is 0 Å². The number of likely N-dealkylation sites (N-methyl/N-ethyl adjacent to an activating group) is 1. The first-order chi connectivity index (χ1) is 16.3. The minimum atomic E-state index is -3.55. The number of amidine groups is 1. The maximum atomic E-state index is 12.8. The number of benzene rings is 2. The van der Waals surface area contributed by atoms with Gasteiger partial charge in [-0.05, 0) is 42.5 Å². The third-order valence-electron chi connectivity index (χ3n) is 6.10. The van der Waals surface area contributed by atoms with E-state index in [4.69, 9.17) is 0 Å². The molecule has 0 radical (unpaired) electrons. The molecule has 1 amide bonds. The maximum absolute atomic E-state index is 12.8. The molecule has 7 nitrogen and oxygen atoms in total. The fourth-order valence-electron chi connectivity index (χ4n) is 3.90. The number of nitrogens with one attached hydrogen (secondary N) is 1. The van der Waals surface area contributed by atoms with Crippen molar-refractivity contribution in [3.05, 3.63) is 65.2 Å². The highest BCUT2D eigenvalue weighted by atomic mass is 32.2. The summed E-state index contributed by atoms with van der Waals surface area (Å²) in [7, 11) is -0.182.